The van der Waals surface area contributed by atoms with Crippen molar-refractivity contribution in [1.29, 1.82) is 0 Å². The molecule has 130 valence electrons. The molecule has 0 saturated heterocycles. The maximum absolute atomic E-state index is 13.1. The van der Waals surface area contributed by atoms with Gasteiger partial charge in [-0.1, -0.05) is 30.3 Å². The minimum Gasteiger partial charge on any atom is -0.493 e. The van der Waals surface area contributed by atoms with Crippen molar-refractivity contribution in [2.24, 2.45) is 0 Å². The summed E-state index contributed by atoms with van der Waals surface area (Å²) in [6.45, 7) is 2.97. The van der Waals surface area contributed by atoms with E-state index in [1.165, 1.54) is 6.92 Å². The molecule has 0 N–H and O–H groups in total. The molecule has 5 nitrogen and oxygen atoms in total. The Hall–Kier alpha value is -2.82. The maximum Gasteiger partial charge on any atom is 0.254 e. The first kappa shape index (κ1) is 17.0. The fourth-order valence-electron chi connectivity index (χ4n) is 3.04. The predicted octanol–water partition coefficient (Wildman–Crippen LogP) is 3.32. The first-order valence-corrected chi connectivity index (χ1v) is 8.29. The second-order valence-corrected chi connectivity index (χ2v) is 5.98. The summed E-state index contributed by atoms with van der Waals surface area (Å²) in [6, 6.07) is 12.6. The standard InChI is InChI=1S/C20H21NO4/c1-14(22)16-8-3-4-9-17(16)20(23)21-11-6-12-25-19-15(13-21)7-5-10-18(19)24-2/h3-5,7-10H,6,11-13H2,1-2H3. The summed E-state index contributed by atoms with van der Waals surface area (Å²) in [5.74, 6) is 1.10. The number of carbonyl (C=O) groups is 2. The Kier molecular flexibility index (Phi) is 5.03. The molecule has 1 aliphatic rings. The van der Waals surface area contributed by atoms with Gasteiger partial charge in [-0.15, -0.1) is 0 Å². The minimum atomic E-state index is -0.138. The molecule has 0 fully saturated rings. The number of methoxy groups -OCH3 is 1. The molecule has 0 radical (unpaired) electrons. The molecule has 2 aromatic carbocycles. The monoisotopic (exact) mass is 339 g/mol. The van der Waals surface area contributed by atoms with Crippen molar-refractivity contribution in [2.75, 3.05) is 20.3 Å². The number of amides is 1. The lowest BCUT2D eigenvalue weighted by molar-refractivity contribution is 0.0717. The van der Waals surface area contributed by atoms with Crippen molar-refractivity contribution in [2.45, 2.75) is 19.9 Å². The van der Waals surface area contributed by atoms with Gasteiger partial charge in [-0.3, -0.25) is 9.59 Å². The van der Waals surface area contributed by atoms with Crippen LogP contribution in [0.3, 0.4) is 0 Å². The van der Waals surface area contributed by atoms with E-state index in [-0.39, 0.29) is 11.7 Å². The summed E-state index contributed by atoms with van der Waals surface area (Å²) in [6.07, 6.45) is 0.714. The van der Waals surface area contributed by atoms with Crippen LogP contribution in [-0.2, 0) is 6.54 Å². The van der Waals surface area contributed by atoms with Gasteiger partial charge in [0, 0.05) is 24.2 Å². The average Bonchev–Trinajstić information content (AvgIpc) is 2.61. The molecule has 0 aliphatic carbocycles. The lowest BCUT2D eigenvalue weighted by Gasteiger charge is -2.28. The highest BCUT2D eigenvalue weighted by Crippen LogP contribution is 2.33. The summed E-state index contributed by atoms with van der Waals surface area (Å²) in [7, 11) is 1.60. The van der Waals surface area contributed by atoms with Crippen LogP contribution in [0.15, 0.2) is 42.5 Å². The van der Waals surface area contributed by atoms with Crippen molar-refractivity contribution in [3.63, 3.8) is 0 Å². The minimum absolute atomic E-state index is 0.110. The van der Waals surface area contributed by atoms with Crippen molar-refractivity contribution < 1.29 is 19.1 Å². The van der Waals surface area contributed by atoms with E-state index in [2.05, 4.69) is 0 Å². The molecular formula is C20H21NO4. The first-order valence-electron chi connectivity index (χ1n) is 8.29. The number of benzene rings is 2. The van der Waals surface area contributed by atoms with E-state index >= 15 is 0 Å². The van der Waals surface area contributed by atoms with E-state index in [9.17, 15) is 9.59 Å². The van der Waals surface area contributed by atoms with Crippen LogP contribution in [0.5, 0.6) is 11.5 Å². The first-order chi connectivity index (χ1) is 12.1. The molecule has 2 aromatic rings. The van der Waals surface area contributed by atoms with Gasteiger partial charge in [-0.2, -0.15) is 0 Å². The lowest BCUT2D eigenvalue weighted by atomic mass is 10.0. The Bertz CT molecular complexity index is 800. The zero-order valence-electron chi connectivity index (χ0n) is 14.5. The SMILES string of the molecule is COc1cccc2c1OCCCN(C(=O)c1ccccc1C(C)=O)C2. The third-order valence-corrected chi connectivity index (χ3v) is 4.28. The summed E-state index contributed by atoms with van der Waals surface area (Å²) in [4.78, 5) is 26.7. The van der Waals surface area contributed by atoms with Crippen LogP contribution in [-0.4, -0.2) is 36.9 Å². The number of para-hydroxylation sites is 1. The number of fused-ring (bicyclic) bond motifs is 1. The Morgan fingerprint density at radius 2 is 1.84 bits per heavy atom. The quantitative estimate of drug-likeness (QED) is 0.805. The second kappa shape index (κ2) is 7.38. The molecule has 0 aromatic heterocycles. The molecular weight excluding hydrogens is 318 g/mol. The zero-order chi connectivity index (χ0) is 17.8. The van der Waals surface area contributed by atoms with Gasteiger partial charge >= 0.3 is 0 Å². The fraction of sp³-hybridized carbons (Fsp3) is 0.300. The largest absolute Gasteiger partial charge is 0.493 e. The highest BCUT2D eigenvalue weighted by molar-refractivity contribution is 6.07. The molecule has 1 heterocycles. The van der Waals surface area contributed by atoms with Gasteiger partial charge in [-0.05, 0) is 25.5 Å². The topological polar surface area (TPSA) is 55.8 Å². The molecule has 0 atom stereocenters. The Labute approximate surface area is 147 Å². The molecule has 5 heteroatoms. The van der Waals surface area contributed by atoms with Crippen molar-refractivity contribution >= 4 is 11.7 Å². The number of hydrogen-bond donors (Lipinski definition) is 0. The smallest absolute Gasteiger partial charge is 0.254 e. The van der Waals surface area contributed by atoms with Gasteiger partial charge in [0.05, 0.1) is 19.3 Å². The van der Waals surface area contributed by atoms with E-state index < -0.39 is 0 Å². The second-order valence-electron chi connectivity index (χ2n) is 5.98. The molecule has 1 amide bonds. The van der Waals surface area contributed by atoms with Crippen LogP contribution in [0.2, 0.25) is 0 Å². The predicted molar refractivity (Wildman–Crippen MR) is 94.3 cm³/mol. The molecule has 3 rings (SSSR count). The van der Waals surface area contributed by atoms with Gasteiger partial charge in [0.25, 0.3) is 5.91 Å². The van der Waals surface area contributed by atoms with Gasteiger partial charge in [-0.25, -0.2) is 0 Å². The van der Waals surface area contributed by atoms with Gasteiger partial charge < -0.3 is 14.4 Å². The highest BCUT2D eigenvalue weighted by atomic mass is 16.5. The van der Waals surface area contributed by atoms with E-state index in [4.69, 9.17) is 9.47 Å². The van der Waals surface area contributed by atoms with Crippen LogP contribution in [0.25, 0.3) is 0 Å². The number of rotatable bonds is 3. The van der Waals surface area contributed by atoms with E-state index in [0.717, 1.165) is 5.56 Å². The Morgan fingerprint density at radius 1 is 1.08 bits per heavy atom. The molecule has 1 aliphatic heterocycles. The molecule has 0 spiro atoms. The third-order valence-electron chi connectivity index (χ3n) is 4.28. The summed E-state index contributed by atoms with van der Waals surface area (Å²) in [5.41, 5.74) is 1.80. The summed E-state index contributed by atoms with van der Waals surface area (Å²) in [5, 5.41) is 0. The normalized spacial score (nSPS) is 13.9. The fourth-order valence-corrected chi connectivity index (χ4v) is 3.04. The maximum atomic E-state index is 13.1. The van der Waals surface area contributed by atoms with Crippen LogP contribution in [0.1, 0.15) is 39.6 Å². The van der Waals surface area contributed by atoms with E-state index in [0.29, 0.717) is 48.7 Å². The number of ketones is 1. The lowest BCUT2D eigenvalue weighted by Crippen LogP contribution is -2.34. The van der Waals surface area contributed by atoms with E-state index in [1.807, 2.05) is 18.2 Å². The van der Waals surface area contributed by atoms with Crippen LogP contribution in [0.4, 0.5) is 0 Å². The number of carbonyl (C=O) groups excluding carboxylic acids is 2. The number of ether oxygens (including phenoxy) is 2. The van der Waals surface area contributed by atoms with Gasteiger partial charge in [0.1, 0.15) is 0 Å². The molecule has 0 bridgehead atoms. The van der Waals surface area contributed by atoms with Crippen molar-refractivity contribution in [3.05, 3.63) is 59.2 Å². The van der Waals surface area contributed by atoms with Crippen LogP contribution < -0.4 is 9.47 Å². The molecule has 0 saturated carbocycles. The van der Waals surface area contributed by atoms with Crippen molar-refractivity contribution in [3.8, 4) is 11.5 Å². The highest BCUT2D eigenvalue weighted by Gasteiger charge is 2.24. The Balaban J connectivity index is 1.95. The van der Waals surface area contributed by atoms with Crippen LogP contribution >= 0.6 is 0 Å². The number of nitrogens with zero attached hydrogens (tertiary/aromatic N) is 1. The number of hydrogen-bond acceptors (Lipinski definition) is 4. The van der Waals surface area contributed by atoms with Gasteiger partial charge in [0.2, 0.25) is 0 Å². The van der Waals surface area contributed by atoms with Crippen LogP contribution in [0, 0.1) is 0 Å². The average molecular weight is 339 g/mol. The molecule has 0 unspecified atom stereocenters. The van der Waals surface area contributed by atoms with Gasteiger partial charge in [0.15, 0.2) is 17.3 Å². The van der Waals surface area contributed by atoms with E-state index in [1.54, 1.807) is 36.3 Å². The van der Waals surface area contributed by atoms with Crippen molar-refractivity contribution in [1.82, 2.24) is 4.90 Å². The zero-order valence-corrected chi connectivity index (χ0v) is 14.5. The Morgan fingerprint density at radius 3 is 2.56 bits per heavy atom. The molecule has 25 heavy (non-hydrogen) atoms. The summed E-state index contributed by atoms with van der Waals surface area (Å²) < 4.78 is 11.2. The summed E-state index contributed by atoms with van der Waals surface area (Å²) >= 11 is 0. The number of Topliss-reactive ketones (excluding diaryl/α,β-unsaturated/α-hetero) is 1. The third kappa shape index (κ3) is 3.50.